The summed E-state index contributed by atoms with van der Waals surface area (Å²) in [4.78, 5) is 21.1. The van der Waals surface area contributed by atoms with Crippen LogP contribution in [-0.4, -0.2) is 15.9 Å². The molecule has 1 N–H and O–H groups in total. The topological polar surface area (TPSA) is 54.9 Å². The Hall–Kier alpha value is -2.37. The highest BCUT2D eigenvalue weighted by Crippen LogP contribution is 2.24. The van der Waals surface area contributed by atoms with Crippen LogP contribution in [0.1, 0.15) is 27.2 Å². The van der Waals surface area contributed by atoms with Gasteiger partial charge in [0.15, 0.2) is 10.9 Å². The van der Waals surface area contributed by atoms with Crippen molar-refractivity contribution in [3.63, 3.8) is 0 Å². The molecule has 0 atom stereocenters. The van der Waals surface area contributed by atoms with E-state index in [4.69, 9.17) is 11.6 Å². The van der Waals surface area contributed by atoms with Gasteiger partial charge in [-0.1, -0.05) is 65.3 Å². The first-order chi connectivity index (χ1) is 12.5. The molecule has 2 aromatic carbocycles. The Balaban J connectivity index is 1.73. The minimum Gasteiger partial charge on any atom is -0.321 e. The van der Waals surface area contributed by atoms with Gasteiger partial charge in [-0.05, 0) is 37.1 Å². The first-order valence-electron chi connectivity index (χ1n) is 8.11. The van der Waals surface area contributed by atoms with Crippen molar-refractivity contribution >= 4 is 35.0 Å². The van der Waals surface area contributed by atoms with Crippen molar-refractivity contribution in [2.24, 2.45) is 0 Å². The molecule has 1 amide bonds. The third-order valence-electron chi connectivity index (χ3n) is 3.86. The van der Waals surface area contributed by atoms with Crippen molar-refractivity contribution < 1.29 is 4.79 Å². The number of hydrogen-bond acceptors (Lipinski definition) is 4. The van der Waals surface area contributed by atoms with Crippen LogP contribution in [0.4, 0.5) is 5.69 Å². The van der Waals surface area contributed by atoms with Gasteiger partial charge in [0.2, 0.25) is 0 Å². The van der Waals surface area contributed by atoms with Crippen LogP contribution in [0.25, 0.3) is 0 Å². The van der Waals surface area contributed by atoms with E-state index in [0.29, 0.717) is 10.8 Å². The molecule has 6 heteroatoms. The summed E-state index contributed by atoms with van der Waals surface area (Å²) in [6.07, 6.45) is 1.47. The summed E-state index contributed by atoms with van der Waals surface area (Å²) >= 11 is 7.61. The number of carbonyl (C=O) groups is 1. The summed E-state index contributed by atoms with van der Waals surface area (Å²) in [5, 5.41) is 3.56. The highest BCUT2D eigenvalue weighted by atomic mass is 35.5. The summed E-state index contributed by atoms with van der Waals surface area (Å²) in [5.41, 5.74) is 4.42. The van der Waals surface area contributed by atoms with Gasteiger partial charge in [0.25, 0.3) is 5.91 Å². The molecule has 0 fully saturated rings. The van der Waals surface area contributed by atoms with E-state index in [1.54, 1.807) is 0 Å². The minimum atomic E-state index is -0.348. The molecule has 0 aliphatic carbocycles. The largest absolute Gasteiger partial charge is 0.321 e. The number of benzene rings is 2. The van der Waals surface area contributed by atoms with Gasteiger partial charge >= 0.3 is 0 Å². The second-order valence-electron chi connectivity index (χ2n) is 5.88. The summed E-state index contributed by atoms with van der Waals surface area (Å²) < 4.78 is 0. The number of hydrogen-bond donors (Lipinski definition) is 1. The Bertz CT molecular complexity index is 929. The molecule has 132 valence electrons. The minimum absolute atomic E-state index is 0.175. The molecule has 0 aliphatic heterocycles. The molecule has 0 radical (unpaired) electrons. The van der Waals surface area contributed by atoms with Gasteiger partial charge in [-0.15, -0.1) is 0 Å². The van der Waals surface area contributed by atoms with E-state index >= 15 is 0 Å². The fraction of sp³-hybridized carbons (Fsp3) is 0.150. The third kappa shape index (κ3) is 4.62. The van der Waals surface area contributed by atoms with Crippen molar-refractivity contribution in [3.05, 3.63) is 82.1 Å². The molecular formula is C20H18ClN3OS. The van der Waals surface area contributed by atoms with E-state index in [-0.39, 0.29) is 16.6 Å². The van der Waals surface area contributed by atoms with E-state index in [1.807, 2.05) is 43.3 Å². The van der Waals surface area contributed by atoms with Crippen molar-refractivity contribution in [3.8, 4) is 0 Å². The lowest BCUT2D eigenvalue weighted by atomic mass is 10.1. The predicted molar refractivity (Wildman–Crippen MR) is 107 cm³/mol. The van der Waals surface area contributed by atoms with Crippen molar-refractivity contribution in [1.82, 2.24) is 9.97 Å². The molecule has 26 heavy (non-hydrogen) atoms. The number of nitrogens with zero attached hydrogens (tertiary/aromatic N) is 2. The number of thioether (sulfide) groups is 1. The Kier molecular flexibility index (Phi) is 5.91. The summed E-state index contributed by atoms with van der Waals surface area (Å²) in [6, 6.07) is 15.7. The van der Waals surface area contributed by atoms with Gasteiger partial charge in [0, 0.05) is 11.4 Å². The molecule has 0 bridgehead atoms. The lowest BCUT2D eigenvalue weighted by molar-refractivity contribution is 0.102. The number of anilines is 1. The van der Waals surface area contributed by atoms with Crippen LogP contribution < -0.4 is 5.32 Å². The molecule has 0 unspecified atom stereocenters. The van der Waals surface area contributed by atoms with Gasteiger partial charge in [-0.2, -0.15) is 0 Å². The Morgan fingerprint density at radius 3 is 2.58 bits per heavy atom. The van der Waals surface area contributed by atoms with Crippen molar-refractivity contribution in [2.45, 2.75) is 24.8 Å². The highest BCUT2D eigenvalue weighted by Gasteiger charge is 2.15. The maximum absolute atomic E-state index is 12.5. The number of aromatic nitrogens is 2. The smallest absolute Gasteiger partial charge is 0.275 e. The van der Waals surface area contributed by atoms with Crippen LogP contribution in [0.3, 0.4) is 0 Å². The van der Waals surface area contributed by atoms with Gasteiger partial charge in [-0.3, -0.25) is 4.79 Å². The van der Waals surface area contributed by atoms with Crippen LogP contribution in [0, 0.1) is 13.8 Å². The average molecular weight is 384 g/mol. The van der Waals surface area contributed by atoms with E-state index in [1.165, 1.54) is 29.1 Å². The van der Waals surface area contributed by atoms with E-state index in [0.717, 1.165) is 11.3 Å². The maximum atomic E-state index is 12.5. The van der Waals surface area contributed by atoms with Gasteiger partial charge in [0.05, 0.1) is 11.2 Å². The number of amides is 1. The highest BCUT2D eigenvalue weighted by molar-refractivity contribution is 7.98. The monoisotopic (exact) mass is 383 g/mol. The van der Waals surface area contributed by atoms with Crippen LogP contribution >= 0.6 is 23.4 Å². The number of aryl methyl sites for hydroxylation is 2. The van der Waals surface area contributed by atoms with Crippen LogP contribution in [-0.2, 0) is 5.75 Å². The lowest BCUT2D eigenvalue weighted by Gasteiger charge is -2.08. The van der Waals surface area contributed by atoms with Crippen LogP contribution in [0.15, 0.2) is 59.9 Å². The molecule has 0 aliphatic rings. The second-order valence-corrected chi connectivity index (χ2v) is 7.23. The summed E-state index contributed by atoms with van der Waals surface area (Å²) in [6.45, 7) is 4.06. The molecule has 0 saturated carbocycles. The standard InChI is InChI=1S/C20H18ClN3OS/c1-13-7-9-16(10-8-13)23-19(25)18-17(21)11-22-20(24-18)26-12-15-6-4-3-5-14(15)2/h3-11H,12H2,1-2H3,(H,23,25). The van der Waals surface area contributed by atoms with E-state index in [9.17, 15) is 4.79 Å². The molecule has 3 rings (SSSR count). The number of carbonyl (C=O) groups excluding carboxylic acids is 1. The molecule has 1 heterocycles. The lowest BCUT2D eigenvalue weighted by Crippen LogP contribution is -2.15. The third-order valence-corrected chi connectivity index (χ3v) is 5.05. The second kappa shape index (κ2) is 8.34. The Labute approximate surface area is 162 Å². The summed E-state index contributed by atoms with van der Waals surface area (Å²) in [5.74, 6) is 0.381. The maximum Gasteiger partial charge on any atom is 0.275 e. The number of halogens is 1. The predicted octanol–water partition coefficient (Wildman–Crippen LogP) is 5.29. The van der Waals surface area contributed by atoms with Crippen LogP contribution in [0.5, 0.6) is 0 Å². The van der Waals surface area contributed by atoms with E-state index in [2.05, 4.69) is 34.3 Å². The summed E-state index contributed by atoms with van der Waals surface area (Å²) in [7, 11) is 0. The Morgan fingerprint density at radius 2 is 1.85 bits per heavy atom. The van der Waals surface area contributed by atoms with Crippen LogP contribution in [0.2, 0.25) is 5.02 Å². The van der Waals surface area contributed by atoms with E-state index < -0.39 is 0 Å². The number of rotatable bonds is 5. The molecule has 0 saturated heterocycles. The quantitative estimate of drug-likeness (QED) is 0.480. The van der Waals surface area contributed by atoms with Crippen molar-refractivity contribution in [2.75, 3.05) is 5.32 Å². The molecular weight excluding hydrogens is 366 g/mol. The first-order valence-corrected chi connectivity index (χ1v) is 9.47. The normalized spacial score (nSPS) is 10.6. The molecule has 4 nitrogen and oxygen atoms in total. The molecule has 1 aromatic heterocycles. The molecule has 0 spiro atoms. The SMILES string of the molecule is Cc1ccc(NC(=O)c2nc(SCc3ccccc3C)ncc2Cl)cc1. The van der Waals surface area contributed by atoms with Gasteiger partial charge in [-0.25, -0.2) is 9.97 Å². The first kappa shape index (κ1) is 18.4. The number of nitrogens with one attached hydrogen (secondary N) is 1. The average Bonchev–Trinajstić information content (AvgIpc) is 2.64. The zero-order valence-electron chi connectivity index (χ0n) is 14.5. The fourth-order valence-electron chi connectivity index (χ4n) is 2.32. The zero-order chi connectivity index (χ0) is 18.5. The zero-order valence-corrected chi connectivity index (χ0v) is 16.1. The fourth-order valence-corrected chi connectivity index (χ4v) is 3.39. The van der Waals surface area contributed by atoms with Gasteiger partial charge in [0.1, 0.15) is 0 Å². The molecule has 3 aromatic rings. The van der Waals surface area contributed by atoms with Crippen molar-refractivity contribution in [1.29, 1.82) is 0 Å². The Morgan fingerprint density at radius 1 is 1.12 bits per heavy atom. The van der Waals surface area contributed by atoms with Gasteiger partial charge < -0.3 is 5.32 Å².